The average molecular weight is 513 g/mol. The molecule has 0 N–H and O–H groups in total. The molecule has 0 saturated carbocycles. The molecule has 0 amide bonds. The molecule has 2 heterocycles. The lowest BCUT2D eigenvalue weighted by Crippen LogP contribution is -2.39. The number of hydrogen-bond acceptors (Lipinski definition) is 7. The van der Waals surface area contributed by atoms with Gasteiger partial charge in [-0.2, -0.15) is 0 Å². The Hall–Kier alpha value is -3.36. The van der Waals surface area contributed by atoms with Crippen molar-refractivity contribution in [2.75, 3.05) is 20.3 Å². The Morgan fingerprint density at radius 1 is 1.14 bits per heavy atom. The summed E-state index contributed by atoms with van der Waals surface area (Å²) in [5.74, 6) is 0.707. The van der Waals surface area contributed by atoms with Crippen LogP contribution in [0, 0.1) is 0 Å². The van der Waals surface area contributed by atoms with Crippen molar-refractivity contribution in [3.05, 3.63) is 89.6 Å². The highest BCUT2D eigenvalue weighted by Crippen LogP contribution is 2.31. The first kappa shape index (κ1) is 24.8. The second kappa shape index (κ2) is 10.5. The van der Waals surface area contributed by atoms with E-state index >= 15 is 0 Å². The Bertz CT molecular complexity index is 1470. The zero-order valence-electron chi connectivity index (χ0n) is 19.8. The molecular formula is C26H25ClN2O5S. The molecule has 0 saturated heterocycles. The molecular weight excluding hydrogens is 488 g/mol. The van der Waals surface area contributed by atoms with Gasteiger partial charge in [0.05, 0.1) is 42.2 Å². The topological polar surface area (TPSA) is 79.1 Å². The molecule has 0 unspecified atom stereocenters. The predicted octanol–water partition coefficient (Wildman–Crippen LogP) is 3.86. The summed E-state index contributed by atoms with van der Waals surface area (Å²) >= 11 is 7.36. The number of allylic oxidation sites excluding steroid dienone is 1. The summed E-state index contributed by atoms with van der Waals surface area (Å²) in [6.45, 7) is 6.13. The number of hydrogen-bond donors (Lipinski definition) is 0. The molecule has 0 radical (unpaired) electrons. The molecule has 9 heteroatoms. The predicted molar refractivity (Wildman–Crippen MR) is 136 cm³/mol. The van der Waals surface area contributed by atoms with Crippen molar-refractivity contribution < 1.29 is 19.0 Å². The molecule has 4 rings (SSSR count). The molecule has 0 bridgehead atoms. The van der Waals surface area contributed by atoms with Crippen LogP contribution >= 0.6 is 22.9 Å². The fourth-order valence-corrected chi connectivity index (χ4v) is 5.12. The van der Waals surface area contributed by atoms with Crippen LogP contribution in [0.1, 0.15) is 37.9 Å². The number of fused-ring (bicyclic) bond motifs is 1. The molecule has 1 aliphatic heterocycles. The van der Waals surface area contributed by atoms with E-state index in [1.54, 1.807) is 55.9 Å². The van der Waals surface area contributed by atoms with Crippen molar-refractivity contribution in [3.63, 3.8) is 0 Å². The minimum atomic E-state index is -0.681. The summed E-state index contributed by atoms with van der Waals surface area (Å²) in [5.41, 5.74) is 2.10. The Morgan fingerprint density at radius 2 is 1.89 bits per heavy atom. The lowest BCUT2D eigenvalue weighted by molar-refractivity contribution is -0.139. The molecule has 1 aliphatic rings. The molecule has 1 aromatic heterocycles. The Labute approximate surface area is 211 Å². The number of thiazole rings is 1. The second-order valence-corrected chi connectivity index (χ2v) is 9.14. The van der Waals surface area contributed by atoms with E-state index in [0.29, 0.717) is 43.7 Å². The standard InChI is InChI=1S/C26H25ClN2O5S/c1-5-33-19-12-7-16(13-20(19)32-4)14-21-24(30)29-23(17-8-10-18(27)11-9-17)22(25(31)34-6-2)15(3)28-26(29)35-21/h7-14,23H,5-6H2,1-4H3/b21-14+/t23-/m0/s1. The molecule has 0 aliphatic carbocycles. The van der Waals surface area contributed by atoms with Crippen LogP contribution in [0.4, 0.5) is 0 Å². The van der Waals surface area contributed by atoms with E-state index in [9.17, 15) is 9.59 Å². The van der Waals surface area contributed by atoms with Crippen LogP contribution in [0.2, 0.25) is 5.02 Å². The van der Waals surface area contributed by atoms with Crippen LogP contribution in [-0.4, -0.2) is 30.9 Å². The summed E-state index contributed by atoms with van der Waals surface area (Å²) in [5, 5.41) is 0.559. The molecule has 2 aromatic carbocycles. The zero-order chi connectivity index (χ0) is 25.1. The van der Waals surface area contributed by atoms with E-state index in [1.807, 2.05) is 25.1 Å². The van der Waals surface area contributed by atoms with Crippen molar-refractivity contribution in [1.29, 1.82) is 0 Å². The van der Waals surface area contributed by atoms with Crippen molar-refractivity contribution in [1.82, 2.24) is 4.57 Å². The number of carbonyl (C=O) groups excluding carboxylic acids is 1. The molecule has 0 spiro atoms. The highest BCUT2D eigenvalue weighted by Gasteiger charge is 2.33. The van der Waals surface area contributed by atoms with Gasteiger partial charge >= 0.3 is 5.97 Å². The van der Waals surface area contributed by atoms with Crippen molar-refractivity contribution in [2.45, 2.75) is 26.8 Å². The normalized spacial score (nSPS) is 15.5. The summed E-state index contributed by atoms with van der Waals surface area (Å²) in [6.07, 6.45) is 1.78. The van der Waals surface area contributed by atoms with Gasteiger partial charge in [0.1, 0.15) is 0 Å². The van der Waals surface area contributed by atoms with E-state index in [0.717, 1.165) is 11.1 Å². The highest BCUT2D eigenvalue weighted by molar-refractivity contribution is 7.07. The summed E-state index contributed by atoms with van der Waals surface area (Å²) in [6, 6.07) is 11.9. The largest absolute Gasteiger partial charge is 0.493 e. The monoisotopic (exact) mass is 512 g/mol. The fraction of sp³-hybridized carbons (Fsp3) is 0.269. The van der Waals surface area contributed by atoms with E-state index in [-0.39, 0.29) is 12.2 Å². The van der Waals surface area contributed by atoms with Gasteiger partial charge in [-0.1, -0.05) is 41.1 Å². The maximum Gasteiger partial charge on any atom is 0.338 e. The van der Waals surface area contributed by atoms with Crippen molar-refractivity contribution in [2.24, 2.45) is 4.99 Å². The number of benzene rings is 2. The first-order valence-electron chi connectivity index (χ1n) is 11.1. The van der Waals surface area contributed by atoms with Crippen LogP contribution in [0.15, 0.2) is 63.5 Å². The second-order valence-electron chi connectivity index (χ2n) is 7.70. The third kappa shape index (κ3) is 4.90. The van der Waals surface area contributed by atoms with Gasteiger partial charge in [-0.25, -0.2) is 9.79 Å². The zero-order valence-corrected chi connectivity index (χ0v) is 21.4. The van der Waals surface area contributed by atoms with Crippen molar-refractivity contribution in [3.8, 4) is 11.5 Å². The van der Waals surface area contributed by atoms with E-state index < -0.39 is 12.0 Å². The molecule has 35 heavy (non-hydrogen) atoms. The van der Waals surface area contributed by atoms with Crippen molar-refractivity contribution >= 4 is 35.0 Å². The quantitative estimate of drug-likeness (QED) is 0.449. The van der Waals surface area contributed by atoms with Crippen LogP contribution in [-0.2, 0) is 9.53 Å². The van der Waals surface area contributed by atoms with Gasteiger partial charge in [0, 0.05) is 5.02 Å². The molecule has 0 fully saturated rings. The molecule has 7 nitrogen and oxygen atoms in total. The number of carbonyl (C=O) groups is 1. The van der Waals surface area contributed by atoms with Gasteiger partial charge in [0.15, 0.2) is 16.3 Å². The fourth-order valence-electron chi connectivity index (χ4n) is 3.95. The minimum Gasteiger partial charge on any atom is -0.493 e. The number of rotatable bonds is 7. The number of ether oxygens (including phenoxy) is 3. The van der Waals surface area contributed by atoms with Gasteiger partial charge in [0.25, 0.3) is 5.56 Å². The van der Waals surface area contributed by atoms with Gasteiger partial charge in [0.2, 0.25) is 0 Å². The Kier molecular flexibility index (Phi) is 7.42. The number of nitrogens with zero attached hydrogens (tertiary/aromatic N) is 2. The summed E-state index contributed by atoms with van der Waals surface area (Å²) < 4.78 is 18.4. The van der Waals surface area contributed by atoms with E-state index in [4.69, 9.17) is 25.8 Å². The van der Waals surface area contributed by atoms with Crippen LogP contribution < -0.4 is 24.4 Å². The first-order chi connectivity index (χ1) is 16.9. The maximum absolute atomic E-state index is 13.7. The number of halogens is 1. The third-order valence-electron chi connectivity index (χ3n) is 5.49. The number of esters is 1. The third-order valence-corrected chi connectivity index (χ3v) is 6.72. The van der Waals surface area contributed by atoms with E-state index in [1.165, 1.54) is 11.3 Å². The van der Waals surface area contributed by atoms with Gasteiger partial charge < -0.3 is 14.2 Å². The highest BCUT2D eigenvalue weighted by atomic mass is 35.5. The van der Waals surface area contributed by atoms with E-state index in [2.05, 4.69) is 4.99 Å². The smallest absolute Gasteiger partial charge is 0.338 e. The Balaban J connectivity index is 1.90. The first-order valence-corrected chi connectivity index (χ1v) is 12.3. The molecule has 1 atom stereocenters. The van der Waals surface area contributed by atoms with Crippen LogP contribution in [0.5, 0.6) is 11.5 Å². The maximum atomic E-state index is 13.7. The number of aromatic nitrogens is 1. The number of methoxy groups -OCH3 is 1. The van der Waals surface area contributed by atoms with Crippen LogP contribution in [0.25, 0.3) is 6.08 Å². The lowest BCUT2D eigenvalue weighted by atomic mass is 9.96. The molecule has 3 aromatic rings. The SMILES string of the molecule is CCOC(=O)C1=C(C)N=c2s/c(=C/c3ccc(OCC)c(OC)c3)c(=O)n2[C@H]1c1ccc(Cl)cc1. The van der Waals surface area contributed by atoms with Gasteiger partial charge in [-0.3, -0.25) is 9.36 Å². The average Bonchev–Trinajstić information content (AvgIpc) is 3.14. The minimum absolute atomic E-state index is 0.215. The van der Waals surface area contributed by atoms with Gasteiger partial charge in [-0.15, -0.1) is 0 Å². The Morgan fingerprint density at radius 3 is 2.54 bits per heavy atom. The summed E-state index contributed by atoms with van der Waals surface area (Å²) in [7, 11) is 1.57. The summed E-state index contributed by atoms with van der Waals surface area (Å²) in [4.78, 5) is 31.7. The lowest BCUT2D eigenvalue weighted by Gasteiger charge is -2.24. The van der Waals surface area contributed by atoms with Crippen LogP contribution in [0.3, 0.4) is 0 Å². The molecule has 182 valence electrons. The van der Waals surface area contributed by atoms with Gasteiger partial charge in [-0.05, 0) is 62.2 Å².